The minimum Gasteiger partial charge on any atom is -0.493 e. The number of halogens is 1. The van der Waals surface area contributed by atoms with Crippen molar-refractivity contribution in [1.29, 1.82) is 0 Å². The van der Waals surface area contributed by atoms with Gasteiger partial charge in [0.2, 0.25) is 0 Å². The number of fused-ring (bicyclic) bond motifs is 2. The van der Waals surface area contributed by atoms with Crippen molar-refractivity contribution in [2.24, 2.45) is 0 Å². The van der Waals surface area contributed by atoms with Crippen LogP contribution in [-0.4, -0.2) is 24.1 Å². The molecule has 0 saturated heterocycles. The number of nitrogens with zero attached hydrogens (tertiary/aromatic N) is 2. The number of nitro groups is 1. The van der Waals surface area contributed by atoms with E-state index < -0.39 is 4.92 Å². The average Bonchev–Trinajstić information content (AvgIpc) is 2.53. The molecule has 0 fully saturated rings. The second-order valence-electron chi connectivity index (χ2n) is 4.61. The van der Waals surface area contributed by atoms with Crippen LogP contribution in [0.3, 0.4) is 0 Å². The molecule has 2 aromatic carbocycles. The largest absolute Gasteiger partial charge is 0.493 e. The molecular formula is C15H11ClN2O4. The van der Waals surface area contributed by atoms with Crippen LogP contribution in [0.1, 0.15) is 0 Å². The molecule has 0 N–H and O–H groups in total. The highest BCUT2D eigenvalue weighted by molar-refractivity contribution is 6.40. The van der Waals surface area contributed by atoms with E-state index in [1.807, 2.05) is 0 Å². The summed E-state index contributed by atoms with van der Waals surface area (Å²) in [5.74, 6) is 1.06. The van der Waals surface area contributed by atoms with Crippen LogP contribution >= 0.6 is 11.6 Å². The number of hydrogen-bond acceptors (Lipinski definition) is 5. The summed E-state index contributed by atoms with van der Waals surface area (Å²) in [6.45, 7) is 0. The van der Waals surface area contributed by atoms with Gasteiger partial charge in [0.1, 0.15) is 0 Å². The lowest BCUT2D eigenvalue weighted by atomic mass is 10.1. The first-order chi connectivity index (χ1) is 10.5. The van der Waals surface area contributed by atoms with E-state index in [1.54, 1.807) is 18.2 Å². The van der Waals surface area contributed by atoms with Crippen LogP contribution in [0.5, 0.6) is 11.5 Å². The maximum Gasteiger partial charge on any atom is 0.271 e. The fourth-order valence-corrected chi connectivity index (χ4v) is 2.63. The van der Waals surface area contributed by atoms with Crippen LogP contribution in [-0.2, 0) is 0 Å². The molecule has 112 valence electrons. The van der Waals surface area contributed by atoms with E-state index >= 15 is 0 Å². The quantitative estimate of drug-likeness (QED) is 0.415. The summed E-state index contributed by atoms with van der Waals surface area (Å²) < 4.78 is 10.5. The first-order valence-electron chi connectivity index (χ1n) is 6.34. The van der Waals surface area contributed by atoms with Gasteiger partial charge in [-0.25, -0.2) is 4.98 Å². The Morgan fingerprint density at radius 2 is 1.68 bits per heavy atom. The van der Waals surface area contributed by atoms with Gasteiger partial charge < -0.3 is 9.47 Å². The van der Waals surface area contributed by atoms with Gasteiger partial charge in [0.15, 0.2) is 11.5 Å². The number of rotatable bonds is 3. The second-order valence-corrected chi connectivity index (χ2v) is 4.99. The predicted octanol–water partition coefficient (Wildman–Crippen LogP) is 3.97. The van der Waals surface area contributed by atoms with Crippen LogP contribution in [0.2, 0.25) is 5.02 Å². The Bertz CT molecular complexity index is 911. The number of benzene rings is 2. The molecule has 3 rings (SSSR count). The van der Waals surface area contributed by atoms with E-state index in [-0.39, 0.29) is 5.69 Å². The summed E-state index contributed by atoms with van der Waals surface area (Å²) in [7, 11) is 3.06. The molecule has 0 unspecified atom stereocenters. The van der Waals surface area contributed by atoms with Gasteiger partial charge >= 0.3 is 0 Å². The molecule has 0 aliphatic carbocycles. The monoisotopic (exact) mass is 318 g/mol. The molecule has 0 aliphatic rings. The minimum atomic E-state index is -0.464. The number of non-ortho nitro benzene ring substituents is 1. The lowest BCUT2D eigenvalue weighted by Gasteiger charge is -2.11. The van der Waals surface area contributed by atoms with E-state index in [1.165, 1.54) is 26.4 Å². The third-order valence-corrected chi connectivity index (χ3v) is 3.82. The molecule has 0 aliphatic heterocycles. The van der Waals surface area contributed by atoms with E-state index in [0.29, 0.717) is 38.3 Å². The van der Waals surface area contributed by atoms with Gasteiger partial charge in [-0.2, -0.15) is 0 Å². The molecule has 3 aromatic rings. The van der Waals surface area contributed by atoms with Crippen molar-refractivity contribution >= 4 is 39.1 Å². The number of ether oxygens (including phenoxy) is 2. The molecule has 0 radical (unpaired) electrons. The Morgan fingerprint density at radius 3 is 2.32 bits per heavy atom. The Kier molecular flexibility index (Phi) is 3.46. The molecule has 0 amide bonds. The van der Waals surface area contributed by atoms with Crippen LogP contribution in [0.15, 0.2) is 30.3 Å². The van der Waals surface area contributed by atoms with Crippen molar-refractivity contribution < 1.29 is 14.4 Å². The van der Waals surface area contributed by atoms with Crippen molar-refractivity contribution in [2.75, 3.05) is 14.2 Å². The Labute approximate surface area is 130 Å². The Morgan fingerprint density at radius 1 is 1.05 bits per heavy atom. The lowest BCUT2D eigenvalue weighted by molar-refractivity contribution is -0.384. The van der Waals surface area contributed by atoms with Gasteiger partial charge in [0.25, 0.3) is 5.69 Å². The van der Waals surface area contributed by atoms with Crippen molar-refractivity contribution in [1.82, 2.24) is 4.98 Å². The summed E-state index contributed by atoms with van der Waals surface area (Å²) in [6, 6.07) is 7.83. The second kappa shape index (κ2) is 5.31. The fraction of sp³-hybridized carbons (Fsp3) is 0.133. The summed E-state index contributed by atoms with van der Waals surface area (Å²) >= 11 is 6.42. The summed E-state index contributed by atoms with van der Waals surface area (Å²) in [5.41, 5.74) is 1.01. The number of methoxy groups -OCH3 is 2. The van der Waals surface area contributed by atoms with Crippen molar-refractivity contribution in [3.05, 3.63) is 45.5 Å². The smallest absolute Gasteiger partial charge is 0.271 e. The highest BCUT2D eigenvalue weighted by Crippen LogP contribution is 2.38. The first-order valence-corrected chi connectivity index (χ1v) is 6.72. The molecule has 0 bridgehead atoms. The maximum atomic E-state index is 10.9. The number of aromatic nitrogens is 1. The van der Waals surface area contributed by atoms with Gasteiger partial charge in [-0.3, -0.25) is 10.1 Å². The highest BCUT2D eigenvalue weighted by atomic mass is 35.5. The standard InChI is InChI=1S/C15H11ClN2O4/c1-21-13-6-10-12(7-14(13)22-2)17-11-5-8(18(19)20)3-4-9(11)15(10)16/h3-7H,1-2H3. The van der Waals surface area contributed by atoms with E-state index in [0.717, 1.165) is 0 Å². The first kappa shape index (κ1) is 14.3. The SMILES string of the molecule is COc1cc2nc3cc([N+](=O)[O-])ccc3c(Cl)c2cc1OC. The van der Waals surface area contributed by atoms with Gasteiger partial charge in [0.05, 0.1) is 35.2 Å². The van der Waals surface area contributed by atoms with Gasteiger partial charge in [-0.05, 0) is 12.1 Å². The molecule has 1 aromatic heterocycles. The van der Waals surface area contributed by atoms with Crippen LogP contribution in [0.4, 0.5) is 5.69 Å². The molecule has 0 saturated carbocycles. The van der Waals surface area contributed by atoms with Crippen LogP contribution in [0.25, 0.3) is 21.8 Å². The molecule has 1 heterocycles. The van der Waals surface area contributed by atoms with Crippen LogP contribution in [0, 0.1) is 10.1 Å². The Balaban J connectivity index is 2.38. The zero-order chi connectivity index (χ0) is 15.9. The van der Waals surface area contributed by atoms with Gasteiger partial charge in [-0.1, -0.05) is 11.6 Å². The summed E-state index contributed by atoms with van der Waals surface area (Å²) in [4.78, 5) is 14.9. The molecule has 0 atom stereocenters. The molecule has 22 heavy (non-hydrogen) atoms. The van der Waals surface area contributed by atoms with E-state index in [2.05, 4.69) is 4.98 Å². The van der Waals surface area contributed by atoms with Gasteiger partial charge in [-0.15, -0.1) is 0 Å². The Hall–Kier alpha value is -2.60. The van der Waals surface area contributed by atoms with Gasteiger partial charge in [0, 0.05) is 29.0 Å². The zero-order valence-corrected chi connectivity index (χ0v) is 12.5. The third kappa shape index (κ3) is 2.17. The molecule has 7 heteroatoms. The normalized spacial score (nSPS) is 10.9. The average molecular weight is 319 g/mol. The maximum absolute atomic E-state index is 10.9. The van der Waals surface area contributed by atoms with Crippen molar-refractivity contribution in [2.45, 2.75) is 0 Å². The van der Waals surface area contributed by atoms with Crippen molar-refractivity contribution in [3.8, 4) is 11.5 Å². The van der Waals surface area contributed by atoms with E-state index in [4.69, 9.17) is 21.1 Å². The number of nitro benzene ring substituents is 1. The topological polar surface area (TPSA) is 74.5 Å². The summed E-state index contributed by atoms with van der Waals surface area (Å²) in [6.07, 6.45) is 0. The minimum absolute atomic E-state index is 0.0316. The molecule has 6 nitrogen and oxygen atoms in total. The van der Waals surface area contributed by atoms with E-state index in [9.17, 15) is 10.1 Å². The number of hydrogen-bond donors (Lipinski definition) is 0. The molecule has 0 spiro atoms. The number of pyridine rings is 1. The third-order valence-electron chi connectivity index (χ3n) is 3.41. The predicted molar refractivity (Wildman–Crippen MR) is 84.0 cm³/mol. The van der Waals surface area contributed by atoms with Crippen LogP contribution < -0.4 is 9.47 Å². The van der Waals surface area contributed by atoms with Crippen molar-refractivity contribution in [3.63, 3.8) is 0 Å². The lowest BCUT2D eigenvalue weighted by Crippen LogP contribution is -1.93. The zero-order valence-electron chi connectivity index (χ0n) is 11.8. The highest BCUT2D eigenvalue weighted by Gasteiger charge is 2.15. The summed E-state index contributed by atoms with van der Waals surface area (Å²) in [5, 5.41) is 12.7. The molecular weight excluding hydrogens is 308 g/mol. The fourth-order valence-electron chi connectivity index (χ4n) is 2.32.